The van der Waals surface area contributed by atoms with Crippen molar-refractivity contribution in [3.8, 4) is 17.2 Å². The molecule has 0 aliphatic carbocycles. The molecule has 0 saturated heterocycles. The summed E-state index contributed by atoms with van der Waals surface area (Å²) in [6.45, 7) is 3.71. The van der Waals surface area contributed by atoms with Crippen LogP contribution < -0.4 is 9.47 Å². The number of aromatic hydroxyl groups is 1. The molecule has 1 aliphatic heterocycles. The van der Waals surface area contributed by atoms with Crippen LogP contribution in [-0.4, -0.2) is 21.9 Å². The standard InChI is InChI=1S/C12H12BrF3O3/c1-11(2)10(13)4-6-3-9(19-12(14,15)16)7(17)5-8(6)18-11/h3,5,10,17H,4H2,1-2H3. The summed E-state index contributed by atoms with van der Waals surface area (Å²) in [6.07, 6.45) is -4.36. The Morgan fingerprint density at radius 1 is 1.42 bits per heavy atom. The molecule has 1 heterocycles. The Balaban J connectivity index is 2.37. The number of phenolic OH excluding ortho intramolecular Hbond substituents is 1. The maximum atomic E-state index is 12.2. The number of rotatable bonds is 1. The van der Waals surface area contributed by atoms with E-state index in [-0.39, 0.29) is 4.83 Å². The molecule has 2 rings (SSSR count). The second-order valence-electron chi connectivity index (χ2n) is 4.85. The fourth-order valence-electron chi connectivity index (χ4n) is 1.84. The van der Waals surface area contributed by atoms with E-state index in [0.29, 0.717) is 17.7 Å². The van der Waals surface area contributed by atoms with Crippen molar-refractivity contribution in [3.05, 3.63) is 17.7 Å². The van der Waals surface area contributed by atoms with Crippen molar-refractivity contribution in [2.45, 2.75) is 37.1 Å². The first-order chi connectivity index (χ1) is 8.58. The maximum Gasteiger partial charge on any atom is 0.573 e. The molecule has 0 saturated carbocycles. The molecule has 0 spiro atoms. The van der Waals surface area contributed by atoms with E-state index in [0.717, 1.165) is 12.1 Å². The first kappa shape index (κ1) is 14.3. The molecular weight excluding hydrogens is 329 g/mol. The van der Waals surface area contributed by atoms with Crippen molar-refractivity contribution in [2.75, 3.05) is 0 Å². The zero-order valence-corrected chi connectivity index (χ0v) is 11.8. The Morgan fingerprint density at radius 2 is 2.05 bits per heavy atom. The minimum absolute atomic E-state index is 0.0456. The average molecular weight is 341 g/mol. The van der Waals surface area contributed by atoms with Gasteiger partial charge in [-0.2, -0.15) is 0 Å². The van der Waals surface area contributed by atoms with Gasteiger partial charge in [-0.05, 0) is 31.9 Å². The number of phenols is 1. The van der Waals surface area contributed by atoms with Gasteiger partial charge in [0.05, 0.1) is 4.83 Å². The van der Waals surface area contributed by atoms with Crippen LogP contribution in [0.3, 0.4) is 0 Å². The van der Waals surface area contributed by atoms with E-state index in [4.69, 9.17) is 4.74 Å². The summed E-state index contributed by atoms with van der Waals surface area (Å²) in [5, 5.41) is 9.55. The van der Waals surface area contributed by atoms with Gasteiger partial charge in [0.15, 0.2) is 11.5 Å². The van der Waals surface area contributed by atoms with E-state index in [1.807, 2.05) is 13.8 Å². The van der Waals surface area contributed by atoms with Gasteiger partial charge < -0.3 is 14.6 Å². The van der Waals surface area contributed by atoms with Crippen molar-refractivity contribution in [2.24, 2.45) is 0 Å². The lowest BCUT2D eigenvalue weighted by Crippen LogP contribution is -2.42. The summed E-state index contributed by atoms with van der Waals surface area (Å²) in [4.78, 5) is -0.0456. The fraction of sp³-hybridized carbons (Fsp3) is 0.500. The van der Waals surface area contributed by atoms with Crippen LogP contribution in [0, 0.1) is 0 Å². The number of fused-ring (bicyclic) bond motifs is 1. The molecule has 1 aliphatic rings. The quantitative estimate of drug-likeness (QED) is 0.791. The lowest BCUT2D eigenvalue weighted by Gasteiger charge is -2.37. The predicted octanol–water partition coefficient (Wildman–Crippen LogP) is 3.77. The number of hydrogen-bond acceptors (Lipinski definition) is 3. The van der Waals surface area contributed by atoms with Gasteiger partial charge in [0.1, 0.15) is 11.4 Å². The van der Waals surface area contributed by atoms with Crippen LogP contribution >= 0.6 is 15.9 Å². The third-order valence-corrected chi connectivity index (χ3v) is 4.32. The molecule has 1 aromatic rings. The molecular formula is C12H12BrF3O3. The van der Waals surface area contributed by atoms with Crippen molar-refractivity contribution < 1.29 is 27.8 Å². The van der Waals surface area contributed by atoms with E-state index in [1.165, 1.54) is 0 Å². The number of benzene rings is 1. The monoisotopic (exact) mass is 340 g/mol. The Kier molecular flexibility index (Phi) is 3.36. The van der Waals surface area contributed by atoms with Crippen LogP contribution in [0.25, 0.3) is 0 Å². The predicted molar refractivity (Wildman–Crippen MR) is 65.9 cm³/mol. The minimum Gasteiger partial charge on any atom is -0.504 e. The summed E-state index contributed by atoms with van der Waals surface area (Å²) in [5.41, 5.74) is 0.0458. The highest BCUT2D eigenvalue weighted by atomic mass is 79.9. The fourth-order valence-corrected chi connectivity index (χ4v) is 2.28. The zero-order valence-electron chi connectivity index (χ0n) is 10.2. The van der Waals surface area contributed by atoms with Gasteiger partial charge >= 0.3 is 6.36 Å². The van der Waals surface area contributed by atoms with Gasteiger partial charge in [-0.15, -0.1) is 13.2 Å². The summed E-state index contributed by atoms with van der Waals surface area (Å²) in [7, 11) is 0. The topological polar surface area (TPSA) is 38.7 Å². The van der Waals surface area contributed by atoms with Crippen molar-refractivity contribution in [3.63, 3.8) is 0 Å². The second kappa shape index (κ2) is 4.47. The van der Waals surface area contributed by atoms with Crippen LogP contribution in [0.4, 0.5) is 13.2 Å². The molecule has 0 bridgehead atoms. The highest BCUT2D eigenvalue weighted by Crippen LogP contribution is 2.43. The minimum atomic E-state index is -4.84. The molecule has 19 heavy (non-hydrogen) atoms. The van der Waals surface area contributed by atoms with Crippen molar-refractivity contribution in [1.82, 2.24) is 0 Å². The SMILES string of the molecule is CC1(C)Oc2cc(O)c(OC(F)(F)F)cc2CC1Br. The van der Waals surface area contributed by atoms with Gasteiger partial charge in [-0.1, -0.05) is 15.9 Å². The highest BCUT2D eigenvalue weighted by molar-refractivity contribution is 9.09. The first-order valence-electron chi connectivity index (χ1n) is 5.53. The van der Waals surface area contributed by atoms with Gasteiger partial charge in [0, 0.05) is 6.07 Å². The average Bonchev–Trinajstić information content (AvgIpc) is 2.20. The highest BCUT2D eigenvalue weighted by Gasteiger charge is 2.37. The number of ether oxygens (including phenoxy) is 2. The molecule has 1 atom stereocenters. The maximum absolute atomic E-state index is 12.2. The van der Waals surface area contributed by atoms with Crippen LogP contribution in [0.2, 0.25) is 0 Å². The Bertz CT molecular complexity index is 500. The van der Waals surface area contributed by atoms with E-state index in [2.05, 4.69) is 20.7 Å². The first-order valence-corrected chi connectivity index (χ1v) is 6.45. The molecule has 106 valence electrons. The van der Waals surface area contributed by atoms with Crippen molar-refractivity contribution >= 4 is 15.9 Å². The van der Waals surface area contributed by atoms with Crippen LogP contribution in [-0.2, 0) is 6.42 Å². The molecule has 1 aromatic carbocycles. The largest absolute Gasteiger partial charge is 0.573 e. The molecule has 0 aromatic heterocycles. The van der Waals surface area contributed by atoms with E-state index < -0.39 is 23.5 Å². The summed E-state index contributed by atoms with van der Waals surface area (Å²) in [6, 6.07) is 2.30. The Hall–Kier alpha value is -1.11. The lowest BCUT2D eigenvalue weighted by atomic mass is 9.94. The zero-order chi connectivity index (χ0) is 14.4. The normalized spacial score (nSPS) is 21.5. The van der Waals surface area contributed by atoms with Crippen LogP contribution in [0.5, 0.6) is 17.2 Å². The Labute approximate surface area is 116 Å². The summed E-state index contributed by atoms with van der Waals surface area (Å²) in [5.74, 6) is -0.845. The molecule has 0 radical (unpaired) electrons. The van der Waals surface area contributed by atoms with E-state index >= 15 is 0 Å². The molecule has 1 N–H and O–H groups in total. The number of halogens is 4. The van der Waals surface area contributed by atoms with Crippen molar-refractivity contribution in [1.29, 1.82) is 0 Å². The lowest BCUT2D eigenvalue weighted by molar-refractivity contribution is -0.275. The number of hydrogen-bond donors (Lipinski definition) is 1. The van der Waals surface area contributed by atoms with Gasteiger partial charge in [0.25, 0.3) is 0 Å². The van der Waals surface area contributed by atoms with E-state index in [9.17, 15) is 18.3 Å². The molecule has 0 fully saturated rings. The van der Waals surface area contributed by atoms with E-state index in [1.54, 1.807) is 0 Å². The third kappa shape index (κ3) is 3.08. The molecule has 1 unspecified atom stereocenters. The van der Waals surface area contributed by atoms with Crippen LogP contribution in [0.15, 0.2) is 12.1 Å². The number of alkyl halides is 4. The Morgan fingerprint density at radius 3 is 2.63 bits per heavy atom. The summed E-state index contributed by atoms with van der Waals surface area (Å²) >= 11 is 3.43. The molecule has 3 nitrogen and oxygen atoms in total. The van der Waals surface area contributed by atoms with Crippen LogP contribution in [0.1, 0.15) is 19.4 Å². The van der Waals surface area contributed by atoms with Gasteiger partial charge in [-0.25, -0.2) is 0 Å². The second-order valence-corrected chi connectivity index (χ2v) is 5.96. The third-order valence-electron chi connectivity index (χ3n) is 2.89. The van der Waals surface area contributed by atoms with Gasteiger partial charge in [-0.3, -0.25) is 0 Å². The molecule has 0 amide bonds. The molecule has 7 heteroatoms. The van der Waals surface area contributed by atoms with Gasteiger partial charge in [0.2, 0.25) is 0 Å². The smallest absolute Gasteiger partial charge is 0.504 e. The summed E-state index contributed by atoms with van der Waals surface area (Å²) < 4.78 is 46.0.